The largest absolute Gasteiger partial charge is 0.369 e. The molecule has 0 saturated carbocycles. The predicted octanol–water partition coefficient (Wildman–Crippen LogP) is 5.76. The van der Waals surface area contributed by atoms with Gasteiger partial charge in [-0.05, 0) is 79.2 Å². The van der Waals surface area contributed by atoms with Crippen LogP contribution in [0, 0.1) is 6.92 Å². The Bertz CT molecular complexity index is 2050. The molecular formula is C42H48N8O2. The maximum Gasteiger partial charge on any atom is 0.253 e. The van der Waals surface area contributed by atoms with Gasteiger partial charge in [0.2, 0.25) is 5.91 Å². The molecule has 0 aliphatic carbocycles. The number of aryl methyl sites for hydroxylation is 1. The standard InChI is InChI=1S/C42H48N8O2/c1-5-38(51)45-37-25-33(11-6-29(37)2)39-36-24-34(42(52)44-26-30-7-9-31(10-8-30)28-49-20-16-47(3)17-21-49)27-43-41(36)46-40(39)32-12-14-35(15-13-32)50-22-18-48(4)19-23-50/h5-15,24-25,27H,1,16-23,26,28H2,2-4H3,(H,43,46)(H,44,52)(H,45,51). The molecule has 5 aromatic rings. The molecular weight excluding hydrogens is 649 g/mol. The zero-order chi connectivity index (χ0) is 36.2. The Morgan fingerprint density at radius 2 is 1.48 bits per heavy atom. The number of nitrogens with zero attached hydrogens (tertiary/aromatic N) is 5. The highest BCUT2D eigenvalue weighted by Crippen LogP contribution is 2.40. The van der Waals surface area contributed by atoms with Crippen molar-refractivity contribution >= 4 is 34.2 Å². The molecule has 0 bridgehead atoms. The number of fused-ring (bicyclic) bond motifs is 1. The molecule has 0 unspecified atom stereocenters. The van der Waals surface area contributed by atoms with Gasteiger partial charge in [-0.25, -0.2) is 4.98 Å². The molecule has 10 heteroatoms. The number of rotatable bonds is 10. The highest BCUT2D eigenvalue weighted by atomic mass is 16.2. The third kappa shape index (κ3) is 7.94. The van der Waals surface area contributed by atoms with Gasteiger partial charge in [0.15, 0.2) is 0 Å². The first-order valence-electron chi connectivity index (χ1n) is 18.1. The Morgan fingerprint density at radius 1 is 0.827 bits per heavy atom. The van der Waals surface area contributed by atoms with E-state index in [1.807, 2.05) is 31.2 Å². The number of aromatic amines is 1. The SMILES string of the molecule is C=CC(=O)Nc1cc(-c2c(-c3ccc(N4CCN(C)CC4)cc3)[nH]c3ncc(C(=O)NCc4ccc(CN5CCN(C)CC5)cc4)cc23)ccc1C. The van der Waals surface area contributed by atoms with Crippen LogP contribution in [-0.4, -0.2) is 103 Å². The summed E-state index contributed by atoms with van der Waals surface area (Å²) in [6, 6.07) is 25.1. The fourth-order valence-corrected chi connectivity index (χ4v) is 7.02. The molecule has 2 aliphatic rings. The molecule has 3 aromatic carbocycles. The number of piperazine rings is 2. The third-order valence-electron chi connectivity index (χ3n) is 10.4. The maximum atomic E-state index is 13.6. The molecule has 4 heterocycles. The second kappa shape index (κ2) is 15.5. The van der Waals surface area contributed by atoms with Gasteiger partial charge in [0.05, 0.1) is 11.3 Å². The van der Waals surface area contributed by atoms with Crippen molar-refractivity contribution in [3.63, 3.8) is 0 Å². The van der Waals surface area contributed by atoms with Crippen LogP contribution in [0.5, 0.6) is 0 Å². The number of benzene rings is 3. The summed E-state index contributed by atoms with van der Waals surface area (Å²) < 4.78 is 0. The smallest absolute Gasteiger partial charge is 0.253 e. The number of aromatic nitrogens is 2. The van der Waals surface area contributed by atoms with Crippen LogP contribution in [-0.2, 0) is 17.9 Å². The van der Waals surface area contributed by atoms with Gasteiger partial charge in [0.1, 0.15) is 5.65 Å². The van der Waals surface area contributed by atoms with Crippen molar-refractivity contribution in [1.82, 2.24) is 30.0 Å². The zero-order valence-electron chi connectivity index (χ0n) is 30.4. The second-order valence-electron chi connectivity index (χ2n) is 14.1. The normalized spacial score (nSPS) is 15.9. The lowest BCUT2D eigenvalue weighted by Crippen LogP contribution is -2.44. The van der Waals surface area contributed by atoms with E-state index in [2.05, 4.69) is 104 Å². The first-order chi connectivity index (χ1) is 25.2. The summed E-state index contributed by atoms with van der Waals surface area (Å²) in [4.78, 5) is 43.8. The minimum absolute atomic E-state index is 0.191. The van der Waals surface area contributed by atoms with Crippen LogP contribution in [0.1, 0.15) is 27.0 Å². The molecule has 2 amide bonds. The van der Waals surface area contributed by atoms with Crippen LogP contribution in [0.3, 0.4) is 0 Å². The van der Waals surface area contributed by atoms with Crippen LogP contribution in [0.4, 0.5) is 11.4 Å². The van der Waals surface area contributed by atoms with E-state index in [-0.39, 0.29) is 11.8 Å². The molecule has 52 heavy (non-hydrogen) atoms. The van der Waals surface area contributed by atoms with Gasteiger partial charge in [0.25, 0.3) is 5.91 Å². The Labute approximate surface area is 306 Å². The molecule has 2 fully saturated rings. The minimum atomic E-state index is -0.274. The van der Waals surface area contributed by atoms with Gasteiger partial charge < -0.3 is 30.3 Å². The van der Waals surface area contributed by atoms with Crippen molar-refractivity contribution in [2.75, 3.05) is 76.7 Å². The van der Waals surface area contributed by atoms with Crippen molar-refractivity contribution in [2.24, 2.45) is 0 Å². The Balaban J connectivity index is 1.15. The van der Waals surface area contributed by atoms with Crippen LogP contribution in [0.15, 0.2) is 91.6 Å². The maximum absolute atomic E-state index is 13.6. The highest BCUT2D eigenvalue weighted by molar-refractivity contribution is 6.07. The molecule has 7 rings (SSSR count). The number of anilines is 2. The van der Waals surface area contributed by atoms with Crippen molar-refractivity contribution in [1.29, 1.82) is 0 Å². The van der Waals surface area contributed by atoms with Gasteiger partial charge >= 0.3 is 0 Å². The van der Waals surface area contributed by atoms with Gasteiger partial charge in [-0.15, -0.1) is 0 Å². The van der Waals surface area contributed by atoms with Crippen molar-refractivity contribution in [3.05, 3.63) is 114 Å². The molecule has 2 aliphatic heterocycles. The number of hydrogen-bond donors (Lipinski definition) is 3. The van der Waals surface area contributed by atoms with Gasteiger partial charge in [0, 0.05) is 94.0 Å². The Morgan fingerprint density at radius 3 is 2.17 bits per heavy atom. The fourth-order valence-electron chi connectivity index (χ4n) is 7.02. The number of likely N-dealkylation sites (N-methyl/N-ethyl adjacent to an activating group) is 2. The lowest BCUT2D eigenvalue weighted by Gasteiger charge is -2.34. The Kier molecular flexibility index (Phi) is 10.5. The van der Waals surface area contributed by atoms with Crippen molar-refractivity contribution < 1.29 is 9.59 Å². The quantitative estimate of drug-likeness (QED) is 0.160. The van der Waals surface area contributed by atoms with Crippen LogP contribution in [0.25, 0.3) is 33.4 Å². The van der Waals surface area contributed by atoms with E-state index < -0.39 is 0 Å². The second-order valence-corrected chi connectivity index (χ2v) is 14.1. The monoisotopic (exact) mass is 696 g/mol. The number of H-pyrrole nitrogens is 1. The zero-order valence-corrected chi connectivity index (χ0v) is 30.4. The molecule has 2 aromatic heterocycles. The van der Waals surface area contributed by atoms with Crippen LogP contribution in [0.2, 0.25) is 0 Å². The average molecular weight is 697 g/mol. The van der Waals surface area contributed by atoms with Crippen molar-refractivity contribution in [3.8, 4) is 22.4 Å². The first kappa shape index (κ1) is 35.1. The number of carbonyl (C=O) groups excluding carboxylic acids is 2. The summed E-state index contributed by atoms with van der Waals surface area (Å²) in [5, 5.41) is 6.87. The predicted molar refractivity (Wildman–Crippen MR) is 211 cm³/mol. The van der Waals surface area contributed by atoms with E-state index in [9.17, 15) is 9.59 Å². The van der Waals surface area contributed by atoms with E-state index in [4.69, 9.17) is 4.98 Å². The Hall–Kier alpha value is -5.29. The topological polar surface area (TPSA) is 99.8 Å². The first-order valence-corrected chi connectivity index (χ1v) is 18.1. The van der Waals surface area contributed by atoms with Gasteiger partial charge in [-0.3, -0.25) is 14.5 Å². The molecule has 2 saturated heterocycles. The molecule has 268 valence electrons. The summed E-state index contributed by atoms with van der Waals surface area (Å²) in [5.74, 6) is -0.465. The number of pyridine rings is 1. The number of hydrogen-bond acceptors (Lipinski definition) is 7. The van der Waals surface area contributed by atoms with Crippen molar-refractivity contribution in [2.45, 2.75) is 20.0 Å². The average Bonchev–Trinajstić information content (AvgIpc) is 3.55. The van der Waals surface area contributed by atoms with E-state index >= 15 is 0 Å². The molecule has 0 spiro atoms. The minimum Gasteiger partial charge on any atom is -0.369 e. The summed E-state index contributed by atoms with van der Waals surface area (Å²) in [5.41, 5.74) is 10.0. The van der Waals surface area contributed by atoms with E-state index in [1.54, 1.807) is 6.20 Å². The lowest BCUT2D eigenvalue weighted by atomic mass is 9.96. The molecule has 0 radical (unpaired) electrons. The van der Waals surface area contributed by atoms with E-state index in [0.29, 0.717) is 23.4 Å². The van der Waals surface area contributed by atoms with E-state index in [0.717, 1.165) is 97.8 Å². The summed E-state index contributed by atoms with van der Waals surface area (Å²) in [7, 11) is 4.33. The molecule has 0 atom stereocenters. The van der Waals surface area contributed by atoms with E-state index in [1.165, 1.54) is 17.3 Å². The number of carbonyl (C=O) groups is 2. The fraction of sp³-hybridized carbons (Fsp3) is 0.310. The van der Waals surface area contributed by atoms with Gasteiger partial charge in [-0.2, -0.15) is 0 Å². The van der Waals surface area contributed by atoms with Gasteiger partial charge in [-0.1, -0.05) is 55.1 Å². The lowest BCUT2D eigenvalue weighted by molar-refractivity contribution is -0.111. The van der Waals surface area contributed by atoms with Crippen LogP contribution >= 0.6 is 0 Å². The summed E-state index contributed by atoms with van der Waals surface area (Å²) in [6.07, 6.45) is 2.89. The number of amides is 2. The highest BCUT2D eigenvalue weighted by Gasteiger charge is 2.21. The number of nitrogens with one attached hydrogen (secondary N) is 3. The molecule has 10 nitrogen and oxygen atoms in total. The third-order valence-corrected chi connectivity index (χ3v) is 10.4. The van der Waals surface area contributed by atoms with Crippen LogP contribution < -0.4 is 15.5 Å². The molecule has 3 N–H and O–H groups in total. The summed E-state index contributed by atoms with van der Waals surface area (Å²) in [6.45, 7) is 15.4. The summed E-state index contributed by atoms with van der Waals surface area (Å²) >= 11 is 0.